The molecular formula is C29H23N3O2. The first-order chi connectivity index (χ1) is 16.6. The van der Waals surface area contributed by atoms with E-state index in [2.05, 4.69) is 41.4 Å². The zero-order valence-electron chi connectivity index (χ0n) is 18.7. The van der Waals surface area contributed by atoms with Crippen LogP contribution in [0.4, 0.5) is 17.1 Å². The normalized spacial score (nSPS) is 25.0. The van der Waals surface area contributed by atoms with Gasteiger partial charge < -0.3 is 0 Å². The topological polar surface area (TPSA) is 62.1 Å². The molecule has 166 valence electrons. The molecule has 3 aromatic rings. The third-order valence-electron chi connectivity index (χ3n) is 7.20. The fraction of sp³-hybridized carbons (Fsp3) is 0.172. The van der Waals surface area contributed by atoms with Gasteiger partial charge in [0.05, 0.1) is 28.9 Å². The van der Waals surface area contributed by atoms with Crippen LogP contribution in [0.25, 0.3) is 5.57 Å². The van der Waals surface area contributed by atoms with Gasteiger partial charge in [-0.2, -0.15) is 10.2 Å². The van der Waals surface area contributed by atoms with Crippen LogP contribution in [-0.4, -0.2) is 11.8 Å². The van der Waals surface area contributed by atoms with Gasteiger partial charge >= 0.3 is 0 Å². The van der Waals surface area contributed by atoms with Gasteiger partial charge in [0, 0.05) is 11.8 Å². The molecule has 2 bridgehead atoms. The number of carbonyl (C=O) groups is 2. The molecule has 5 nitrogen and oxygen atoms in total. The Kier molecular flexibility index (Phi) is 4.84. The number of hydrogen-bond acceptors (Lipinski definition) is 4. The van der Waals surface area contributed by atoms with E-state index in [9.17, 15) is 9.59 Å². The predicted octanol–water partition coefficient (Wildman–Crippen LogP) is 6.50. The summed E-state index contributed by atoms with van der Waals surface area (Å²) in [4.78, 5) is 28.4. The smallest absolute Gasteiger partial charge is 0.238 e. The number of azo groups is 1. The fourth-order valence-electron chi connectivity index (χ4n) is 5.65. The van der Waals surface area contributed by atoms with Gasteiger partial charge in [0.15, 0.2) is 0 Å². The minimum absolute atomic E-state index is 0.0180. The third kappa shape index (κ3) is 3.16. The second kappa shape index (κ2) is 8.03. The lowest BCUT2D eigenvalue weighted by Crippen LogP contribution is -2.33. The molecule has 1 heterocycles. The Hall–Kier alpha value is -4.12. The van der Waals surface area contributed by atoms with E-state index < -0.39 is 0 Å². The highest BCUT2D eigenvalue weighted by Gasteiger charge is 2.62. The summed E-state index contributed by atoms with van der Waals surface area (Å²) in [5.74, 6) is -0.902. The molecule has 1 aliphatic heterocycles. The van der Waals surface area contributed by atoms with E-state index in [1.807, 2.05) is 48.5 Å². The molecule has 0 N–H and O–H groups in total. The van der Waals surface area contributed by atoms with Crippen LogP contribution in [0.15, 0.2) is 113 Å². The van der Waals surface area contributed by atoms with Crippen molar-refractivity contribution >= 4 is 34.4 Å². The Balaban J connectivity index is 1.26. The molecule has 3 aliphatic rings. The molecule has 0 unspecified atom stereocenters. The first-order valence-electron chi connectivity index (χ1n) is 11.5. The lowest BCUT2D eigenvalue weighted by Gasteiger charge is -2.20. The highest BCUT2D eigenvalue weighted by molar-refractivity contribution is 6.23. The van der Waals surface area contributed by atoms with Crippen molar-refractivity contribution in [3.63, 3.8) is 0 Å². The van der Waals surface area contributed by atoms with Crippen LogP contribution in [-0.2, 0) is 9.59 Å². The lowest BCUT2D eigenvalue weighted by atomic mass is 9.85. The van der Waals surface area contributed by atoms with Gasteiger partial charge in [-0.1, -0.05) is 66.3 Å². The van der Waals surface area contributed by atoms with E-state index in [-0.39, 0.29) is 35.5 Å². The monoisotopic (exact) mass is 445 g/mol. The van der Waals surface area contributed by atoms with Gasteiger partial charge in [-0.05, 0) is 54.5 Å². The van der Waals surface area contributed by atoms with Crippen molar-refractivity contribution in [2.75, 3.05) is 4.90 Å². The minimum Gasteiger partial charge on any atom is -0.274 e. The van der Waals surface area contributed by atoms with Crippen LogP contribution >= 0.6 is 0 Å². The molecule has 0 aromatic heterocycles. The van der Waals surface area contributed by atoms with Crippen molar-refractivity contribution in [2.24, 2.45) is 33.9 Å². The van der Waals surface area contributed by atoms with E-state index >= 15 is 0 Å². The molecule has 34 heavy (non-hydrogen) atoms. The highest BCUT2D eigenvalue weighted by Crippen LogP contribution is 2.58. The number of hydrogen-bond donors (Lipinski definition) is 0. The molecule has 0 radical (unpaired) electrons. The quantitative estimate of drug-likeness (QED) is 0.261. The number of allylic oxidation sites excluding steroid dienone is 4. The van der Waals surface area contributed by atoms with Gasteiger partial charge in [0.2, 0.25) is 11.8 Å². The van der Waals surface area contributed by atoms with Gasteiger partial charge in [0.25, 0.3) is 0 Å². The van der Waals surface area contributed by atoms with Crippen molar-refractivity contribution in [1.29, 1.82) is 0 Å². The van der Waals surface area contributed by atoms with E-state index in [4.69, 9.17) is 0 Å². The van der Waals surface area contributed by atoms with Crippen molar-refractivity contribution in [3.8, 4) is 0 Å². The minimum atomic E-state index is -0.325. The van der Waals surface area contributed by atoms with E-state index in [0.29, 0.717) is 11.4 Å². The zero-order valence-corrected chi connectivity index (χ0v) is 18.7. The van der Waals surface area contributed by atoms with Crippen LogP contribution in [0.1, 0.15) is 12.5 Å². The van der Waals surface area contributed by atoms with Crippen LogP contribution in [0.3, 0.4) is 0 Å². The van der Waals surface area contributed by atoms with E-state index in [1.165, 1.54) is 16.0 Å². The Morgan fingerprint density at radius 3 is 1.74 bits per heavy atom. The summed E-state index contributed by atoms with van der Waals surface area (Å²) in [5.41, 5.74) is 5.56. The lowest BCUT2D eigenvalue weighted by molar-refractivity contribution is -0.122. The average molecular weight is 446 g/mol. The summed E-state index contributed by atoms with van der Waals surface area (Å²) < 4.78 is 0. The Bertz CT molecular complexity index is 1320. The maximum Gasteiger partial charge on any atom is 0.238 e. The molecule has 2 aliphatic carbocycles. The maximum absolute atomic E-state index is 13.5. The number of carbonyl (C=O) groups excluding carboxylic acids is 2. The Morgan fingerprint density at radius 2 is 1.18 bits per heavy atom. The zero-order chi connectivity index (χ0) is 23.2. The predicted molar refractivity (Wildman–Crippen MR) is 132 cm³/mol. The third-order valence-corrected chi connectivity index (χ3v) is 7.20. The van der Waals surface area contributed by atoms with E-state index in [0.717, 1.165) is 11.3 Å². The van der Waals surface area contributed by atoms with Crippen molar-refractivity contribution in [1.82, 2.24) is 0 Å². The number of imide groups is 1. The number of anilines is 1. The van der Waals surface area contributed by atoms with E-state index in [1.54, 1.807) is 24.3 Å². The number of amides is 2. The molecular weight excluding hydrogens is 422 g/mol. The molecule has 4 atom stereocenters. The van der Waals surface area contributed by atoms with Gasteiger partial charge in [-0.25, -0.2) is 4.90 Å². The maximum atomic E-state index is 13.5. The molecule has 0 spiro atoms. The molecule has 2 fully saturated rings. The Labute approximate surface area is 198 Å². The second-order valence-electron chi connectivity index (χ2n) is 9.00. The molecule has 5 heteroatoms. The van der Waals surface area contributed by atoms with Crippen molar-refractivity contribution in [2.45, 2.75) is 6.92 Å². The fourth-order valence-corrected chi connectivity index (χ4v) is 5.65. The largest absolute Gasteiger partial charge is 0.274 e. The summed E-state index contributed by atoms with van der Waals surface area (Å²) >= 11 is 0. The summed E-state index contributed by atoms with van der Waals surface area (Å²) in [6.45, 7) is 2.11. The number of nitrogens with zero attached hydrogens (tertiary/aromatic N) is 3. The molecule has 2 amide bonds. The summed E-state index contributed by atoms with van der Waals surface area (Å²) in [5, 5.41) is 8.47. The first kappa shape index (κ1) is 20.5. The molecule has 1 saturated carbocycles. The van der Waals surface area contributed by atoms with Crippen LogP contribution in [0, 0.1) is 23.7 Å². The highest BCUT2D eigenvalue weighted by atomic mass is 16.2. The van der Waals surface area contributed by atoms with Crippen molar-refractivity contribution in [3.05, 3.63) is 108 Å². The first-order valence-corrected chi connectivity index (χ1v) is 11.5. The summed E-state index contributed by atoms with van der Waals surface area (Å²) in [6.07, 6.45) is 4.24. The SMILES string of the molecule is CC(=C1[C@H]2C=C[C@H]1[C@H]1C(=O)N(c3ccc(N=Nc4ccccc4)cc3)C(=O)[C@@H]12)c1ccccc1. The number of rotatable bonds is 4. The second-order valence-corrected chi connectivity index (χ2v) is 9.00. The number of fused-ring (bicyclic) bond motifs is 5. The van der Waals surface area contributed by atoms with Crippen LogP contribution in [0.5, 0.6) is 0 Å². The Morgan fingerprint density at radius 1 is 0.676 bits per heavy atom. The number of benzene rings is 3. The molecule has 1 saturated heterocycles. The summed E-state index contributed by atoms with van der Waals surface area (Å²) in [7, 11) is 0. The van der Waals surface area contributed by atoms with Crippen LogP contribution in [0.2, 0.25) is 0 Å². The molecule has 6 rings (SSSR count). The summed E-state index contributed by atoms with van der Waals surface area (Å²) in [6, 6.07) is 26.8. The van der Waals surface area contributed by atoms with Gasteiger partial charge in [-0.3, -0.25) is 9.59 Å². The van der Waals surface area contributed by atoms with Gasteiger partial charge in [0.1, 0.15) is 0 Å². The average Bonchev–Trinajstić information content (AvgIpc) is 3.53. The van der Waals surface area contributed by atoms with Crippen LogP contribution < -0.4 is 4.90 Å². The van der Waals surface area contributed by atoms with Gasteiger partial charge in [-0.15, -0.1) is 0 Å². The van der Waals surface area contributed by atoms with Crippen molar-refractivity contribution < 1.29 is 9.59 Å². The molecule has 3 aromatic carbocycles. The standard InChI is InChI=1S/C29H23N3O2/c1-18(19-8-4-2-5-9-19)25-23-16-17-24(25)27-26(23)28(33)32(29(27)34)22-14-12-21(13-15-22)31-30-20-10-6-3-7-11-20/h2-17,23-24,26-27H,1H3/t23-,24-,26-,27-/m1/s1.